The summed E-state index contributed by atoms with van der Waals surface area (Å²) in [5.74, 6) is 0.972. The molecule has 1 heterocycles. The molecule has 0 spiro atoms. The van der Waals surface area contributed by atoms with Crippen molar-refractivity contribution in [2.24, 2.45) is 0 Å². The fraction of sp³-hybridized carbons (Fsp3) is 0. The number of hydrogen-bond donors (Lipinski definition) is 0. The lowest BCUT2D eigenvalue weighted by molar-refractivity contribution is 0.584. The Hall–Kier alpha value is -8.26. The van der Waals surface area contributed by atoms with Crippen LogP contribution in [0.3, 0.4) is 0 Å². The van der Waals surface area contributed by atoms with Crippen LogP contribution in [0.1, 0.15) is 0 Å². The molecule has 0 saturated carbocycles. The number of benzene rings is 8. The van der Waals surface area contributed by atoms with E-state index in [2.05, 4.69) is 203 Å². The third kappa shape index (κ3) is 7.36. The number of anilines is 3. The fourth-order valence-corrected chi connectivity index (χ4v) is 7.73. The second-order valence-corrected chi connectivity index (χ2v) is 14.5. The predicted octanol–water partition coefficient (Wildman–Crippen LogP) is 14.8. The highest BCUT2D eigenvalue weighted by Crippen LogP contribution is 2.41. The summed E-state index contributed by atoms with van der Waals surface area (Å²) in [6.45, 7) is 0. The molecule has 1 aromatic heterocycles. The van der Waals surface area contributed by atoms with Gasteiger partial charge in [-0.1, -0.05) is 164 Å². The van der Waals surface area contributed by atoms with E-state index in [9.17, 15) is 0 Å². The molecule has 0 fully saturated rings. The molecule has 4 nitrogen and oxygen atoms in total. The van der Waals surface area contributed by atoms with Gasteiger partial charge in [-0.25, -0.2) is 0 Å². The first-order valence-corrected chi connectivity index (χ1v) is 20.0. The maximum Gasteiger partial charge on any atom is 0.248 e. The highest BCUT2D eigenvalue weighted by Gasteiger charge is 2.17. The molecule has 60 heavy (non-hydrogen) atoms. The largest absolute Gasteiger partial charge is 0.416 e. The molecule has 10 aromatic rings. The monoisotopic (exact) mass is 767 g/mol. The minimum atomic E-state index is 0.477. The first-order valence-electron chi connectivity index (χ1n) is 20.0. The topological polar surface area (TPSA) is 42.2 Å². The lowest BCUT2D eigenvalue weighted by Crippen LogP contribution is -2.09. The summed E-state index contributed by atoms with van der Waals surface area (Å²) < 4.78 is 6.04. The van der Waals surface area contributed by atoms with Gasteiger partial charge < -0.3 is 9.32 Å². The van der Waals surface area contributed by atoms with Gasteiger partial charge in [0.1, 0.15) is 0 Å². The molecule has 0 atom stereocenters. The maximum absolute atomic E-state index is 6.04. The van der Waals surface area contributed by atoms with Crippen molar-refractivity contribution < 1.29 is 4.42 Å². The summed E-state index contributed by atoms with van der Waals surface area (Å²) in [6, 6.07) is 84.8. The number of aromatic nitrogens is 2. The van der Waals surface area contributed by atoms with Crippen LogP contribution in [0.2, 0.25) is 0 Å². The van der Waals surface area contributed by atoms with Crippen molar-refractivity contribution in [3.8, 4) is 78.5 Å². The first-order chi connectivity index (χ1) is 29.7. The van der Waals surface area contributed by atoms with Crippen LogP contribution in [0, 0.1) is 12.1 Å². The Bertz CT molecular complexity index is 2900. The van der Waals surface area contributed by atoms with Crippen LogP contribution in [-0.4, -0.2) is 10.2 Å². The molecule has 282 valence electrons. The molecule has 0 amide bonds. The van der Waals surface area contributed by atoms with Crippen LogP contribution in [0.5, 0.6) is 0 Å². The molecular formula is C56H37N3O. The molecule has 0 saturated heterocycles. The van der Waals surface area contributed by atoms with Crippen LogP contribution in [0.25, 0.3) is 78.5 Å². The van der Waals surface area contributed by atoms with Gasteiger partial charge in [-0.3, -0.25) is 0 Å². The molecule has 4 heteroatoms. The smallest absolute Gasteiger partial charge is 0.248 e. The van der Waals surface area contributed by atoms with E-state index in [-0.39, 0.29) is 0 Å². The predicted molar refractivity (Wildman–Crippen MR) is 245 cm³/mol. The lowest BCUT2D eigenvalue weighted by Gasteiger charge is -2.26. The number of nitrogens with zero attached hydrogens (tertiary/aromatic N) is 3. The van der Waals surface area contributed by atoms with Gasteiger partial charge in [0.15, 0.2) is 0 Å². The molecule has 9 aromatic carbocycles. The normalized spacial score (nSPS) is 10.9. The second kappa shape index (κ2) is 16.3. The van der Waals surface area contributed by atoms with Gasteiger partial charge in [0.25, 0.3) is 0 Å². The average Bonchev–Trinajstić information content (AvgIpc) is 3.84. The number of rotatable bonds is 10. The molecule has 0 bridgehead atoms. The van der Waals surface area contributed by atoms with Crippen molar-refractivity contribution in [1.29, 1.82) is 0 Å². The zero-order valence-electron chi connectivity index (χ0n) is 32.6. The standard InChI is InChI=1S/C56H37N3O/c1-4-14-40(15-5-1)42-28-34-48(35-29-42)59(49-36-30-43(31-37-49)41-16-6-2-7-17-41)50-38-32-45(33-39-50)52-21-11-13-23-54(52)53-22-12-10-20-51(53)44-24-26-47(27-25-44)56-58-57-55(60-56)46-18-8-3-9-19-46/h1-9,11-19,21-39H. The van der Waals surface area contributed by atoms with Crippen molar-refractivity contribution in [2.75, 3.05) is 4.90 Å². The van der Waals surface area contributed by atoms with Crippen LogP contribution >= 0.6 is 0 Å². The molecule has 0 N–H and O–H groups in total. The first kappa shape index (κ1) is 36.1. The highest BCUT2D eigenvalue weighted by molar-refractivity contribution is 5.92. The van der Waals surface area contributed by atoms with Gasteiger partial charge >= 0.3 is 0 Å². The van der Waals surface area contributed by atoms with Gasteiger partial charge in [0.2, 0.25) is 11.8 Å². The summed E-state index contributed by atoms with van der Waals surface area (Å²) in [4.78, 5) is 2.32. The Kier molecular flexibility index (Phi) is 9.81. The van der Waals surface area contributed by atoms with Crippen molar-refractivity contribution in [3.63, 3.8) is 0 Å². The summed E-state index contributed by atoms with van der Waals surface area (Å²) in [5.41, 5.74) is 16.1. The van der Waals surface area contributed by atoms with E-state index in [4.69, 9.17) is 4.42 Å². The van der Waals surface area contributed by atoms with E-state index in [1.54, 1.807) is 0 Å². The van der Waals surface area contributed by atoms with Crippen molar-refractivity contribution in [3.05, 3.63) is 237 Å². The fourth-order valence-electron chi connectivity index (χ4n) is 7.73. The quantitative estimate of drug-likeness (QED) is 0.139. The van der Waals surface area contributed by atoms with E-state index in [1.165, 1.54) is 22.3 Å². The SMILES string of the molecule is c1ccc(-c2ccccc2-c2ccc(N(c3ccc(-c4ccccc4)cc3)c3ccc(-c4ccccc4)cc3)cc2)c(-c2ccc(-c3nnc(-c4ccccc4)o3)cc2)c#1. The Balaban J connectivity index is 0.970. The van der Waals surface area contributed by atoms with Crippen molar-refractivity contribution in [1.82, 2.24) is 10.2 Å². The highest BCUT2D eigenvalue weighted by atomic mass is 16.4. The maximum atomic E-state index is 6.04. The van der Waals surface area contributed by atoms with Crippen molar-refractivity contribution >= 4 is 17.1 Å². The van der Waals surface area contributed by atoms with Gasteiger partial charge in [-0.2, -0.15) is 0 Å². The van der Waals surface area contributed by atoms with Gasteiger partial charge in [-0.05, 0) is 123 Å². The Morgan fingerprint density at radius 2 is 0.700 bits per heavy atom. The number of hydrogen-bond acceptors (Lipinski definition) is 4. The van der Waals surface area contributed by atoms with Gasteiger partial charge in [0.05, 0.1) is 0 Å². The van der Waals surface area contributed by atoms with Gasteiger partial charge in [0, 0.05) is 33.8 Å². The minimum Gasteiger partial charge on any atom is -0.416 e. The van der Waals surface area contributed by atoms with Crippen LogP contribution in [0.4, 0.5) is 17.1 Å². The third-order valence-electron chi connectivity index (χ3n) is 10.8. The zero-order valence-corrected chi connectivity index (χ0v) is 32.6. The van der Waals surface area contributed by atoms with E-state index < -0.39 is 0 Å². The Labute approximate surface area is 350 Å². The summed E-state index contributed by atoms with van der Waals surface area (Å²) in [7, 11) is 0. The van der Waals surface area contributed by atoms with Crippen LogP contribution in [0.15, 0.2) is 229 Å². The molecule has 0 aliphatic carbocycles. The summed E-state index contributed by atoms with van der Waals surface area (Å²) in [5, 5.41) is 8.60. The Morgan fingerprint density at radius 1 is 0.317 bits per heavy atom. The van der Waals surface area contributed by atoms with E-state index in [1.807, 2.05) is 48.5 Å². The zero-order chi connectivity index (χ0) is 40.1. The molecule has 10 rings (SSSR count). The van der Waals surface area contributed by atoms with Crippen LogP contribution in [-0.2, 0) is 0 Å². The van der Waals surface area contributed by atoms with E-state index in [0.717, 1.165) is 61.6 Å². The Morgan fingerprint density at radius 3 is 1.22 bits per heavy atom. The summed E-state index contributed by atoms with van der Waals surface area (Å²) >= 11 is 0. The third-order valence-corrected chi connectivity index (χ3v) is 10.8. The van der Waals surface area contributed by atoms with Gasteiger partial charge in [-0.15, -0.1) is 10.2 Å². The lowest BCUT2D eigenvalue weighted by atomic mass is 9.90. The van der Waals surface area contributed by atoms with E-state index in [0.29, 0.717) is 11.8 Å². The second-order valence-electron chi connectivity index (χ2n) is 14.5. The minimum absolute atomic E-state index is 0.477. The summed E-state index contributed by atoms with van der Waals surface area (Å²) in [6.07, 6.45) is 0. The molecule has 0 aliphatic heterocycles. The molecule has 0 aliphatic rings. The molecule has 0 radical (unpaired) electrons. The average molecular weight is 768 g/mol. The molecule has 0 unspecified atom stereocenters. The van der Waals surface area contributed by atoms with Crippen molar-refractivity contribution in [2.45, 2.75) is 0 Å². The van der Waals surface area contributed by atoms with E-state index >= 15 is 0 Å². The molecular weight excluding hydrogens is 731 g/mol. The van der Waals surface area contributed by atoms with Crippen LogP contribution < -0.4 is 4.90 Å².